The summed E-state index contributed by atoms with van der Waals surface area (Å²) < 4.78 is 58.4. The molecule has 0 aliphatic carbocycles. The van der Waals surface area contributed by atoms with Crippen molar-refractivity contribution in [2.75, 3.05) is 7.11 Å². The molecule has 10 nitrogen and oxygen atoms in total. The summed E-state index contributed by atoms with van der Waals surface area (Å²) in [5, 5.41) is 2.81. The summed E-state index contributed by atoms with van der Waals surface area (Å²) in [5.74, 6) is -1.40. The maximum atomic E-state index is 15.1. The lowest BCUT2D eigenvalue weighted by Crippen LogP contribution is -2.45. The Hall–Kier alpha value is -4.45. The van der Waals surface area contributed by atoms with Crippen molar-refractivity contribution in [3.63, 3.8) is 0 Å². The van der Waals surface area contributed by atoms with Gasteiger partial charge in [-0.25, -0.2) is 31.4 Å². The van der Waals surface area contributed by atoms with Gasteiger partial charge in [0, 0.05) is 18.8 Å². The van der Waals surface area contributed by atoms with E-state index in [4.69, 9.17) is 14.2 Å². The third kappa shape index (κ3) is 6.83. The van der Waals surface area contributed by atoms with E-state index in [1.165, 1.54) is 62.0 Å². The Kier molecular flexibility index (Phi) is 8.34. The van der Waals surface area contributed by atoms with Gasteiger partial charge in [-0.1, -0.05) is 23.8 Å². The Morgan fingerprint density at radius 3 is 2.39 bits per heavy atom. The second-order valence-corrected chi connectivity index (χ2v) is 12.1. The van der Waals surface area contributed by atoms with Gasteiger partial charge in [-0.15, -0.1) is 0 Å². The van der Waals surface area contributed by atoms with Crippen LogP contribution in [0.3, 0.4) is 0 Å². The van der Waals surface area contributed by atoms with Crippen LogP contribution in [0.1, 0.15) is 31.9 Å². The largest absolute Gasteiger partial charge is 0.467 e. The van der Waals surface area contributed by atoms with Crippen LogP contribution in [0.25, 0.3) is 11.0 Å². The topological polar surface area (TPSA) is 126 Å². The van der Waals surface area contributed by atoms with Crippen molar-refractivity contribution in [1.82, 2.24) is 14.3 Å². The molecule has 0 saturated heterocycles. The van der Waals surface area contributed by atoms with E-state index < -0.39 is 39.5 Å². The average molecular weight is 584 g/mol. The second kappa shape index (κ2) is 11.6. The highest BCUT2D eigenvalue weighted by atomic mass is 32.2. The number of nitrogens with one attached hydrogen (secondary N) is 1. The highest BCUT2D eigenvalue weighted by Crippen LogP contribution is 2.32. The third-order valence-electron chi connectivity index (χ3n) is 5.92. The van der Waals surface area contributed by atoms with Crippen LogP contribution in [0, 0.1) is 12.7 Å². The number of fused-ring (bicyclic) bond motifs is 1. The number of aromatic nitrogens is 2. The van der Waals surface area contributed by atoms with E-state index in [-0.39, 0.29) is 28.5 Å². The van der Waals surface area contributed by atoms with Crippen LogP contribution >= 0.6 is 0 Å². The molecule has 4 aromatic rings. The van der Waals surface area contributed by atoms with Gasteiger partial charge in [0.25, 0.3) is 10.0 Å². The molecule has 216 valence electrons. The number of ether oxygens (including phenoxy) is 3. The number of rotatable bonds is 8. The van der Waals surface area contributed by atoms with Gasteiger partial charge >= 0.3 is 12.1 Å². The van der Waals surface area contributed by atoms with Crippen LogP contribution in [0.5, 0.6) is 11.5 Å². The number of esters is 1. The molecule has 0 fully saturated rings. The van der Waals surface area contributed by atoms with Gasteiger partial charge in [0.05, 0.1) is 17.4 Å². The number of benzene rings is 2. The van der Waals surface area contributed by atoms with Crippen molar-refractivity contribution < 1.29 is 36.6 Å². The number of carbonyl (C=O) groups is 2. The molecule has 0 radical (unpaired) electrons. The predicted octanol–water partition coefficient (Wildman–Crippen LogP) is 5.12. The van der Waals surface area contributed by atoms with Crippen molar-refractivity contribution in [3.8, 4) is 11.5 Å². The van der Waals surface area contributed by atoms with Gasteiger partial charge in [0.15, 0.2) is 17.2 Å². The molecule has 2 aromatic heterocycles. The van der Waals surface area contributed by atoms with E-state index in [0.717, 1.165) is 9.54 Å². The van der Waals surface area contributed by atoms with Crippen LogP contribution in [0.2, 0.25) is 0 Å². The quantitative estimate of drug-likeness (QED) is 0.283. The molecule has 0 aliphatic heterocycles. The number of carbonyl (C=O) groups excluding carboxylic acids is 2. The smallest absolute Gasteiger partial charge is 0.408 e. The molecular formula is C29H30FN3O7S. The fourth-order valence-electron chi connectivity index (χ4n) is 3.99. The van der Waals surface area contributed by atoms with Crippen molar-refractivity contribution in [2.45, 2.75) is 50.7 Å². The molecule has 2 aromatic carbocycles. The van der Waals surface area contributed by atoms with Crippen LogP contribution in [0.4, 0.5) is 9.18 Å². The van der Waals surface area contributed by atoms with Gasteiger partial charge in [0.1, 0.15) is 17.4 Å². The van der Waals surface area contributed by atoms with Gasteiger partial charge in [-0.05, 0) is 69.7 Å². The van der Waals surface area contributed by atoms with E-state index in [1.54, 1.807) is 32.9 Å². The minimum atomic E-state index is -3.93. The molecule has 2 heterocycles. The lowest BCUT2D eigenvalue weighted by Gasteiger charge is -2.22. The minimum absolute atomic E-state index is 0.0671. The zero-order valence-corrected chi connectivity index (χ0v) is 24.0. The van der Waals surface area contributed by atoms with Crippen molar-refractivity contribution in [3.05, 3.63) is 83.9 Å². The lowest BCUT2D eigenvalue weighted by molar-refractivity contribution is -0.143. The summed E-state index contributed by atoms with van der Waals surface area (Å²) in [6.45, 7) is 6.91. The number of amides is 1. The first kappa shape index (κ1) is 29.5. The zero-order valence-electron chi connectivity index (χ0n) is 23.2. The van der Waals surface area contributed by atoms with Gasteiger partial charge in [-0.2, -0.15) is 0 Å². The Bertz CT molecular complexity index is 1690. The molecule has 1 amide bonds. The molecule has 4 rings (SSSR count). The Morgan fingerprint density at radius 2 is 1.76 bits per heavy atom. The Labute approximate surface area is 237 Å². The SMILES string of the molecule is COC(=O)[C@H](Cc1ccc(Oc2ccnc3c2ccn3S(=O)(=O)c2ccc(C)cc2)c(F)c1)NC(=O)OC(C)(C)C. The minimum Gasteiger partial charge on any atom is -0.467 e. The number of hydrogen-bond acceptors (Lipinski definition) is 8. The van der Waals surface area contributed by atoms with E-state index in [2.05, 4.69) is 10.3 Å². The van der Waals surface area contributed by atoms with Crippen molar-refractivity contribution in [2.24, 2.45) is 0 Å². The van der Waals surface area contributed by atoms with Crippen LogP contribution < -0.4 is 10.1 Å². The molecule has 0 saturated carbocycles. The average Bonchev–Trinajstić information content (AvgIpc) is 3.35. The predicted molar refractivity (Wildman–Crippen MR) is 149 cm³/mol. The Balaban J connectivity index is 1.56. The fourth-order valence-corrected chi connectivity index (χ4v) is 5.29. The van der Waals surface area contributed by atoms with Crippen LogP contribution in [0.15, 0.2) is 71.9 Å². The summed E-state index contributed by atoms with van der Waals surface area (Å²) in [5.41, 5.74) is 0.647. The second-order valence-electron chi connectivity index (χ2n) is 10.3. The fraction of sp³-hybridized carbons (Fsp3) is 0.276. The first-order valence-corrected chi connectivity index (χ1v) is 14.0. The molecule has 0 unspecified atom stereocenters. The molecule has 12 heteroatoms. The summed E-state index contributed by atoms with van der Waals surface area (Å²) in [4.78, 5) is 28.8. The van der Waals surface area contributed by atoms with Crippen molar-refractivity contribution in [1.29, 1.82) is 0 Å². The van der Waals surface area contributed by atoms with E-state index in [1.807, 2.05) is 6.92 Å². The van der Waals surface area contributed by atoms with E-state index in [0.29, 0.717) is 10.9 Å². The summed E-state index contributed by atoms with van der Waals surface area (Å²) in [6.07, 6.45) is 1.85. The number of nitrogens with zero attached hydrogens (tertiary/aromatic N) is 2. The third-order valence-corrected chi connectivity index (χ3v) is 7.61. The van der Waals surface area contributed by atoms with Gasteiger partial charge in [-0.3, -0.25) is 0 Å². The summed E-state index contributed by atoms with van der Waals surface area (Å²) in [6, 6.07) is 12.4. The number of aryl methyl sites for hydroxylation is 1. The van der Waals surface area contributed by atoms with Gasteiger partial charge in [0.2, 0.25) is 0 Å². The van der Waals surface area contributed by atoms with Crippen LogP contribution in [-0.4, -0.2) is 48.2 Å². The standard InChI is InChI=1S/C29H30FN3O7S/c1-18-6-9-20(10-7-18)41(36,37)33-15-13-21-24(12-14-31-26(21)33)39-25-11-8-19(16-22(25)30)17-23(27(34)38-5)32-28(35)40-29(2,3)4/h6-16,23H,17H2,1-5H3,(H,32,35)/t23-/m0/s1. The summed E-state index contributed by atoms with van der Waals surface area (Å²) in [7, 11) is -2.76. The molecule has 1 atom stereocenters. The number of hydrogen-bond donors (Lipinski definition) is 1. The summed E-state index contributed by atoms with van der Waals surface area (Å²) >= 11 is 0. The van der Waals surface area contributed by atoms with E-state index in [9.17, 15) is 18.0 Å². The van der Waals surface area contributed by atoms with Crippen LogP contribution in [-0.2, 0) is 30.7 Å². The maximum Gasteiger partial charge on any atom is 0.408 e. The maximum absolute atomic E-state index is 15.1. The monoisotopic (exact) mass is 583 g/mol. The molecule has 1 N–H and O–H groups in total. The molecule has 41 heavy (non-hydrogen) atoms. The van der Waals surface area contributed by atoms with Gasteiger partial charge < -0.3 is 19.5 Å². The molecule has 0 aliphatic rings. The molecule has 0 spiro atoms. The lowest BCUT2D eigenvalue weighted by atomic mass is 10.1. The Morgan fingerprint density at radius 1 is 1.05 bits per heavy atom. The number of pyridine rings is 1. The molecule has 0 bridgehead atoms. The highest BCUT2D eigenvalue weighted by Gasteiger charge is 2.26. The van der Waals surface area contributed by atoms with E-state index >= 15 is 4.39 Å². The number of halogens is 1. The highest BCUT2D eigenvalue weighted by molar-refractivity contribution is 7.90. The zero-order chi connectivity index (χ0) is 29.9. The van der Waals surface area contributed by atoms with Crippen molar-refractivity contribution >= 4 is 33.1 Å². The first-order chi connectivity index (χ1) is 19.3. The normalized spacial score (nSPS) is 12.5. The number of alkyl carbamates (subject to hydrolysis) is 1. The first-order valence-electron chi connectivity index (χ1n) is 12.6. The number of methoxy groups -OCH3 is 1. The molecular weight excluding hydrogens is 553 g/mol.